The van der Waals surface area contributed by atoms with Crippen molar-refractivity contribution in [1.29, 1.82) is 0 Å². The molecule has 2 aliphatic rings. The van der Waals surface area contributed by atoms with Gasteiger partial charge in [0, 0.05) is 55.6 Å². The number of hydrogen-bond acceptors (Lipinski definition) is 5. The molecule has 1 saturated carbocycles. The summed E-state index contributed by atoms with van der Waals surface area (Å²) in [5.74, 6) is 0. The monoisotopic (exact) mass is 366 g/mol. The predicted octanol–water partition coefficient (Wildman–Crippen LogP) is 1.22. The minimum Gasteiger partial charge on any atom is -0.351 e. The number of H-pyrrole nitrogens is 1. The Bertz CT molecular complexity index is 965. The van der Waals surface area contributed by atoms with Crippen molar-refractivity contribution < 1.29 is 4.79 Å². The first-order chi connectivity index (χ1) is 13.2. The van der Waals surface area contributed by atoms with Crippen LogP contribution in [0.15, 0.2) is 31.0 Å². The molecule has 0 unspecified atom stereocenters. The van der Waals surface area contributed by atoms with Gasteiger partial charge in [0.25, 0.3) is 0 Å². The van der Waals surface area contributed by atoms with Crippen molar-refractivity contribution in [3.8, 4) is 11.3 Å². The highest BCUT2D eigenvalue weighted by Gasteiger charge is 2.36. The van der Waals surface area contributed by atoms with Crippen molar-refractivity contribution in [2.75, 3.05) is 26.2 Å². The van der Waals surface area contributed by atoms with Crippen LogP contribution in [0, 0.1) is 0 Å². The van der Waals surface area contributed by atoms with E-state index in [1.165, 1.54) is 0 Å². The largest absolute Gasteiger partial charge is 0.351 e. The van der Waals surface area contributed by atoms with Gasteiger partial charge in [-0.15, -0.1) is 0 Å². The number of nitrogens with two attached hydrogens (primary N) is 1. The number of amides is 2. The second-order valence-corrected chi connectivity index (χ2v) is 7.31. The molecule has 9 heteroatoms. The first-order valence-corrected chi connectivity index (χ1v) is 9.30. The van der Waals surface area contributed by atoms with Gasteiger partial charge in [-0.3, -0.25) is 9.58 Å². The van der Waals surface area contributed by atoms with E-state index in [4.69, 9.17) is 5.73 Å². The molecular formula is C18H22N8O. The number of aromatic nitrogens is 5. The van der Waals surface area contributed by atoms with E-state index in [0.29, 0.717) is 12.1 Å². The lowest BCUT2D eigenvalue weighted by Gasteiger charge is -2.46. The summed E-state index contributed by atoms with van der Waals surface area (Å²) < 4.78 is 2.06. The molecule has 27 heavy (non-hydrogen) atoms. The van der Waals surface area contributed by atoms with Gasteiger partial charge in [-0.1, -0.05) is 0 Å². The molecule has 1 saturated heterocycles. The zero-order chi connectivity index (χ0) is 18.4. The molecular weight excluding hydrogens is 344 g/mol. The van der Waals surface area contributed by atoms with Gasteiger partial charge in [-0.25, -0.2) is 14.8 Å². The van der Waals surface area contributed by atoms with E-state index in [-0.39, 0.29) is 6.03 Å². The lowest BCUT2D eigenvalue weighted by molar-refractivity contribution is 0.0436. The highest BCUT2D eigenvalue weighted by atomic mass is 16.2. The molecule has 4 heterocycles. The van der Waals surface area contributed by atoms with E-state index in [0.717, 1.165) is 61.3 Å². The number of carbonyl (C=O) groups is 1. The highest BCUT2D eigenvalue weighted by Crippen LogP contribution is 2.37. The second kappa shape index (κ2) is 6.34. The van der Waals surface area contributed by atoms with Crippen molar-refractivity contribution in [2.45, 2.75) is 24.9 Å². The molecule has 3 aromatic rings. The Morgan fingerprint density at radius 2 is 1.96 bits per heavy atom. The molecule has 0 spiro atoms. The van der Waals surface area contributed by atoms with Crippen LogP contribution in [0.5, 0.6) is 0 Å². The Kier molecular flexibility index (Phi) is 3.82. The number of hydrogen-bond donors (Lipinski definition) is 2. The smallest absolute Gasteiger partial charge is 0.314 e. The molecule has 5 rings (SSSR count). The fourth-order valence-electron chi connectivity index (χ4n) is 4.14. The van der Waals surface area contributed by atoms with Crippen molar-refractivity contribution in [1.82, 2.24) is 34.5 Å². The van der Waals surface area contributed by atoms with Crippen molar-refractivity contribution >= 4 is 17.1 Å². The first-order valence-electron chi connectivity index (χ1n) is 9.30. The van der Waals surface area contributed by atoms with Gasteiger partial charge in [0.2, 0.25) is 0 Å². The second-order valence-electron chi connectivity index (χ2n) is 7.31. The van der Waals surface area contributed by atoms with Gasteiger partial charge in [0.15, 0.2) is 0 Å². The lowest BCUT2D eigenvalue weighted by atomic mass is 9.85. The maximum absolute atomic E-state index is 11.2. The number of carbonyl (C=O) groups excluding carboxylic acids is 1. The number of aromatic amines is 1. The first kappa shape index (κ1) is 16.2. The molecule has 2 fully saturated rings. The predicted molar refractivity (Wildman–Crippen MR) is 99.9 cm³/mol. The maximum atomic E-state index is 11.2. The van der Waals surface area contributed by atoms with E-state index in [1.807, 2.05) is 18.5 Å². The van der Waals surface area contributed by atoms with E-state index in [9.17, 15) is 4.79 Å². The average molecular weight is 366 g/mol. The Hall–Kier alpha value is -2.94. The third kappa shape index (κ3) is 2.84. The van der Waals surface area contributed by atoms with Gasteiger partial charge in [0.1, 0.15) is 12.0 Å². The third-order valence-electron chi connectivity index (χ3n) is 5.83. The third-order valence-corrected chi connectivity index (χ3v) is 5.83. The molecule has 2 amide bonds. The lowest BCUT2D eigenvalue weighted by Crippen LogP contribution is -2.56. The SMILES string of the molecule is NC(=O)N1CCN(C2CC(n3cc(-c4ncnc5[nH]ccc45)cn3)C2)CC1. The Morgan fingerprint density at radius 1 is 1.15 bits per heavy atom. The van der Waals surface area contributed by atoms with Crippen LogP contribution in [0.4, 0.5) is 4.79 Å². The summed E-state index contributed by atoms with van der Waals surface area (Å²) in [4.78, 5) is 27.2. The molecule has 3 aromatic heterocycles. The quantitative estimate of drug-likeness (QED) is 0.724. The van der Waals surface area contributed by atoms with Gasteiger partial charge in [-0.05, 0) is 18.9 Å². The van der Waals surface area contributed by atoms with Gasteiger partial charge >= 0.3 is 6.03 Å². The van der Waals surface area contributed by atoms with Gasteiger partial charge in [-0.2, -0.15) is 5.10 Å². The molecule has 9 nitrogen and oxygen atoms in total. The number of urea groups is 1. The number of piperazine rings is 1. The summed E-state index contributed by atoms with van der Waals surface area (Å²) >= 11 is 0. The molecule has 1 aliphatic carbocycles. The van der Waals surface area contributed by atoms with Gasteiger partial charge < -0.3 is 15.6 Å². The van der Waals surface area contributed by atoms with E-state index >= 15 is 0 Å². The molecule has 0 radical (unpaired) electrons. The molecule has 0 atom stereocenters. The maximum Gasteiger partial charge on any atom is 0.314 e. The Morgan fingerprint density at radius 3 is 2.74 bits per heavy atom. The Balaban J connectivity index is 1.24. The fraction of sp³-hybridized carbons (Fsp3) is 0.444. The summed E-state index contributed by atoms with van der Waals surface area (Å²) in [6, 6.07) is 2.66. The van der Waals surface area contributed by atoms with E-state index < -0.39 is 0 Å². The number of fused-ring (bicyclic) bond motifs is 1. The van der Waals surface area contributed by atoms with Gasteiger partial charge in [0.05, 0.1) is 17.9 Å². The van der Waals surface area contributed by atoms with Crippen LogP contribution >= 0.6 is 0 Å². The van der Waals surface area contributed by atoms with Crippen LogP contribution in [0.2, 0.25) is 0 Å². The normalized spacial score (nSPS) is 23.5. The Labute approximate surface area is 156 Å². The highest BCUT2D eigenvalue weighted by molar-refractivity contribution is 5.89. The minimum absolute atomic E-state index is 0.313. The summed E-state index contributed by atoms with van der Waals surface area (Å²) in [5, 5.41) is 5.59. The van der Waals surface area contributed by atoms with Crippen molar-refractivity contribution in [2.24, 2.45) is 5.73 Å². The fourth-order valence-corrected chi connectivity index (χ4v) is 4.14. The van der Waals surface area contributed by atoms with Crippen LogP contribution in [0.25, 0.3) is 22.3 Å². The average Bonchev–Trinajstić information content (AvgIpc) is 3.30. The minimum atomic E-state index is -0.313. The number of rotatable bonds is 3. The topological polar surface area (TPSA) is 109 Å². The number of nitrogens with zero attached hydrogens (tertiary/aromatic N) is 6. The van der Waals surface area contributed by atoms with Crippen LogP contribution in [0.1, 0.15) is 18.9 Å². The molecule has 0 aromatic carbocycles. The van der Waals surface area contributed by atoms with Crippen LogP contribution in [-0.4, -0.2) is 72.8 Å². The van der Waals surface area contributed by atoms with E-state index in [1.54, 1.807) is 11.2 Å². The summed E-state index contributed by atoms with van der Waals surface area (Å²) in [6.45, 7) is 3.25. The zero-order valence-corrected chi connectivity index (χ0v) is 15.0. The summed E-state index contributed by atoms with van der Waals surface area (Å²) in [7, 11) is 0. The van der Waals surface area contributed by atoms with Crippen LogP contribution in [0.3, 0.4) is 0 Å². The molecule has 0 bridgehead atoms. The van der Waals surface area contributed by atoms with Crippen molar-refractivity contribution in [3.63, 3.8) is 0 Å². The number of primary amides is 1. The van der Waals surface area contributed by atoms with Crippen molar-refractivity contribution in [3.05, 3.63) is 31.0 Å². The molecule has 3 N–H and O–H groups in total. The van der Waals surface area contributed by atoms with E-state index in [2.05, 4.69) is 35.8 Å². The standard InChI is InChI=1S/C18H22N8O/c19-18(27)25-5-3-24(4-6-25)13-7-14(8-13)26-10-12(9-23-26)16-15-1-2-20-17(15)22-11-21-16/h1-2,9-11,13-14H,3-8H2,(H2,19,27)(H,20,21,22). The zero-order valence-electron chi connectivity index (χ0n) is 15.0. The summed E-state index contributed by atoms with van der Waals surface area (Å²) in [5.41, 5.74) is 8.12. The van der Waals surface area contributed by atoms with Crippen LogP contribution in [-0.2, 0) is 0 Å². The molecule has 140 valence electrons. The number of nitrogens with one attached hydrogen (secondary N) is 1. The van der Waals surface area contributed by atoms with Crippen LogP contribution < -0.4 is 5.73 Å². The summed E-state index contributed by atoms with van der Waals surface area (Å²) in [6.07, 6.45) is 9.59. The molecule has 1 aliphatic heterocycles.